The minimum atomic E-state index is -4.94. The maximum Gasteiger partial charge on any atom is 0.524 e. The Morgan fingerprint density at radius 2 is 1.58 bits per heavy atom. The fourth-order valence-corrected chi connectivity index (χ4v) is 3.04. The van der Waals surface area contributed by atoms with Gasteiger partial charge in [-0.1, -0.05) is 0 Å². The smallest absolute Gasteiger partial charge is 0.351 e. The van der Waals surface area contributed by atoms with E-state index in [1.165, 1.54) is 29.4 Å². The molecule has 168 valence electrons. The Labute approximate surface area is 172 Å². The Kier molecular flexibility index (Phi) is 6.65. The van der Waals surface area contributed by atoms with Crippen molar-refractivity contribution in [2.45, 2.75) is 18.8 Å². The van der Waals surface area contributed by atoms with Crippen molar-refractivity contribution in [1.82, 2.24) is 14.9 Å². The highest BCUT2D eigenvalue weighted by Gasteiger charge is 2.37. The fourth-order valence-electron chi connectivity index (χ4n) is 3.04. The van der Waals surface area contributed by atoms with Crippen molar-refractivity contribution in [2.75, 3.05) is 36.4 Å². The van der Waals surface area contributed by atoms with Crippen LogP contribution < -0.4 is 10.2 Å². The van der Waals surface area contributed by atoms with Gasteiger partial charge in [0, 0.05) is 44.3 Å². The molecule has 0 amide bonds. The standard InChI is InChI=1S/C18H17F6N5O2/c19-17(20,21)12-1-3-13(4-2-12)27-15-16(26-6-5-25-15)29-9-7-28(8-10-29)14(11-30)31-18(22,23)24/h1-6,11,14H,7-10H2,(H,25,27)/t14-/m0/s1. The molecule has 1 aromatic carbocycles. The van der Waals surface area contributed by atoms with Crippen LogP contribution in [0.3, 0.4) is 0 Å². The molecule has 0 bridgehead atoms. The van der Waals surface area contributed by atoms with Crippen molar-refractivity contribution in [1.29, 1.82) is 0 Å². The third-order valence-corrected chi connectivity index (χ3v) is 4.50. The van der Waals surface area contributed by atoms with E-state index in [4.69, 9.17) is 0 Å². The van der Waals surface area contributed by atoms with Crippen molar-refractivity contribution >= 4 is 23.6 Å². The molecule has 0 spiro atoms. The number of aromatic nitrogens is 2. The quantitative estimate of drug-likeness (QED) is 0.535. The topological polar surface area (TPSA) is 70.6 Å². The summed E-state index contributed by atoms with van der Waals surface area (Å²) in [4.78, 5) is 22.4. The van der Waals surface area contributed by atoms with Crippen molar-refractivity contribution in [3.63, 3.8) is 0 Å². The summed E-state index contributed by atoms with van der Waals surface area (Å²) in [6.07, 6.45) is -8.24. The molecule has 1 aromatic heterocycles. The lowest BCUT2D eigenvalue weighted by atomic mass is 10.2. The van der Waals surface area contributed by atoms with Crippen molar-refractivity contribution in [3.05, 3.63) is 42.2 Å². The van der Waals surface area contributed by atoms with Crippen LogP contribution in [-0.4, -0.2) is 59.9 Å². The van der Waals surface area contributed by atoms with E-state index in [1.54, 1.807) is 4.90 Å². The summed E-state index contributed by atoms with van der Waals surface area (Å²) in [5.74, 6) is 0.649. The molecular formula is C18H17F6N5O2. The largest absolute Gasteiger partial charge is 0.524 e. The molecular weight excluding hydrogens is 432 g/mol. The molecule has 7 nitrogen and oxygen atoms in total. The third-order valence-electron chi connectivity index (χ3n) is 4.50. The number of halogens is 6. The zero-order valence-electron chi connectivity index (χ0n) is 15.8. The number of nitrogens with zero attached hydrogens (tertiary/aromatic N) is 4. The van der Waals surface area contributed by atoms with Crippen LogP contribution in [0.2, 0.25) is 0 Å². The number of rotatable bonds is 6. The number of alkyl halides is 6. The molecule has 1 aliphatic heterocycles. The summed E-state index contributed by atoms with van der Waals surface area (Å²) in [6.45, 7) is 0.642. The molecule has 1 saturated heterocycles. The highest BCUT2D eigenvalue weighted by molar-refractivity contribution is 5.68. The van der Waals surface area contributed by atoms with E-state index in [2.05, 4.69) is 20.0 Å². The molecule has 13 heteroatoms. The van der Waals surface area contributed by atoms with E-state index in [-0.39, 0.29) is 38.3 Å². The molecule has 31 heavy (non-hydrogen) atoms. The zero-order chi connectivity index (χ0) is 22.6. The monoisotopic (exact) mass is 449 g/mol. The predicted octanol–water partition coefficient (Wildman–Crippen LogP) is 3.42. The summed E-state index contributed by atoms with van der Waals surface area (Å²) in [5.41, 5.74) is -0.438. The van der Waals surface area contributed by atoms with E-state index in [9.17, 15) is 31.1 Å². The van der Waals surface area contributed by atoms with Gasteiger partial charge in [0.1, 0.15) is 0 Å². The molecule has 0 radical (unpaired) electrons. The Balaban J connectivity index is 1.68. The molecule has 3 rings (SSSR count). The molecule has 0 aliphatic carbocycles. The number of hydrogen-bond donors (Lipinski definition) is 1. The Morgan fingerprint density at radius 3 is 2.13 bits per heavy atom. The molecule has 1 aliphatic rings. The lowest BCUT2D eigenvalue weighted by molar-refractivity contribution is -0.351. The minimum absolute atomic E-state index is 0.0864. The van der Waals surface area contributed by atoms with E-state index in [1.807, 2.05) is 0 Å². The fraction of sp³-hybridized carbons (Fsp3) is 0.389. The molecule has 0 unspecified atom stereocenters. The van der Waals surface area contributed by atoms with Crippen LogP contribution in [-0.2, 0) is 15.7 Å². The number of anilines is 3. The summed E-state index contributed by atoms with van der Waals surface area (Å²) in [6, 6.07) is 4.36. The molecule has 2 aromatic rings. The average molecular weight is 449 g/mol. The summed E-state index contributed by atoms with van der Waals surface area (Å²) >= 11 is 0. The number of benzene rings is 1. The van der Waals surface area contributed by atoms with E-state index < -0.39 is 24.3 Å². The van der Waals surface area contributed by atoms with Gasteiger partial charge in [-0.25, -0.2) is 9.97 Å². The van der Waals surface area contributed by atoms with Crippen LogP contribution in [0, 0.1) is 0 Å². The van der Waals surface area contributed by atoms with E-state index in [0.717, 1.165) is 12.1 Å². The second-order valence-corrected chi connectivity index (χ2v) is 6.54. The number of nitrogens with one attached hydrogen (secondary N) is 1. The van der Waals surface area contributed by atoms with Crippen LogP contribution in [0.1, 0.15) is 5.56 Å². The lowest BCUT2D eigenvalue weighted by Crippen LogP contribution is -2.53. The van der Waals surface area contributed by atoms with Crippen molar-refractivity contribution in [2.24, 2.45) is 0 Å². The van der Waals surface area contributed by atoms with Crippen LogP contribution in [0.15, 0.2) is 36.7 Å². The first-order valence-electron chi connectivity index (χ1n) is 9.01. The van der Waals surface area contributed by atoms with Crippen molar-refractivity contribution in [3.8, 4) is 0 Å². The van der Waals surface area contributed by atoms with Gasteiger partial charge in [-0.05, 0) is 24.3 Å². The van der Waals surface area contributed by atoms with Crippen LogP contribution in [0.25, 0.3) is 0 Å². The maximum absolute atomic E-state index is 12.7. The first-order valence-corrected chi connectivity index (χ1v) is 9.01. The number of ether oxygens (including phenoxy) is 1. The van der Waals surface area contributed by atoms with Gasteiger partial charge in [0.05, 0.1) is 5.56 Å². The molecule has 1 atom stereocenters. The van der Waals surface area contributed by atoms with Gasteiger partial charge in [-0.15, -0.1) is 13.2 Å². The number of hydrogen-bond acceptors (Lipinski definition) is 7. The predicted molar refractivity (Wildman–Crippen MR) is 97.5 cm³/mol. The second kappa shape index (κ2) is 9.06. The number of piperazine rings is 1. The number of carbonyl (C=O) groups excluding carboxylic acids is 1. The number of carbonyl (C=O) groups is 1. The highest BCUT2D eigenvalue weighted by Crippen LogP contribution is 2.31. The summed E-state index contributed by atoms with van der Waals surface area (Å²) in [5, 5.41) is 2.90. The first-order chi connectivity index (χ1) is 14.6. The second-order valence-electron chi connectivity index (χ2n) is 6.54. The molecule has 0 saturated carbocycles. The van der Waals surface area contributed by atoms with Crippen LogP contribution in [0.4, 0.5) is 43.7 Å². The minimum Gasteiger partial charge on any atom is -0.351 e. The Morgan fingerprint density at radius 1 is 0.968 bits per heavy atom. The maximum atomic E-state index is 12.7. The van der Waals surface area contributed by atoms with E-state index in [0.29, 0.717) is 11.5 Å². The van der Waals surface area contributed by atoms with Crippen LogP contribution in [0.5, 0.6) is 0 Å². The van der Waals surface area contributed by atoms with Gasteiger partial charge < -0.3 is 10.2 Å². The molecule has 1 N–H and O–H groups in total. The molecule has 2 heterocycles. The van der Waals surface area contributed by atoms with Crippen LogP contribution >= 0.6 is 0 Å². The van der Waals surface area contributed by atoms with Gasteiger partial charge in [0.25, 0.3) is 0 Å². The van der Waals surface area contributed by atoms with Gasteiger partial charge in [-0.2, -0.15) is 13.2 Å². The summed E-state index contributed by atoms with van der Waals surface area (Å²) in [7, 11) is 0. The van der Waals surface area contributed by atoms with Gasteiger partial charge in [-0.3, -0.25) is 14.4 Å². The van der Waals surface area contributed by atoms with Gasteiger partial charge in [0.2, 0.25) is 0 Å². The highest BCUT2D eigenvalue weighted by atomic mass is 19.4. The Bertz CT molecular complexity index is 882. The zero-order valence-corrected chi connectivity index (χ0v) is 15.8. The Hall–Kier alpha value is -2.93. The van der Waals surface area contributed by atoms with E-state index >= 15 is 0 Å². The normalized spacial score (nSPS) is 16.8. The third kappa shape index (κ3) is 6.04. The van der Waals surface area contributed by atoms with Crippen molar-refractivity contribution < 1.29 is 35.9 Å². The van der Waals surface area contributed by atoms with Gasteiger partial charge >= 0.3 is 12.5 Å². The summed E-state index contributed by atoms with van der Waals surface area (Å²) < 4.78 is 79.3. The first kappa shape index (κ1) is 22.7. The molecule has 1 fully saturated rings. The van der Waals surface area contributed by atoms with Gasteiger partial charge in [0.15, 0.2) is 24.1 Å². The lowest BCUT2D eigenvalue weighted by Gasteiger charge is -2.37. The average Bonchev–Trinajstić information content (AvgIpc) is 2.72. The number of aldehydes is 1. The SMILES string of the molecule is O=C[C@H](OC(F)(F)F)N1CCN(c2nccnc2Nc2ccc(C(F)(F)F)cc2)CC1.